The number of nitrogens with one attached hydrogen (secondary N) is 1. The predicted octanol–water partition coefficient (Wildman–Crippen LogP) is 4.52. The number of methoxy groups -OCH3 is 1. The van der Waals surface area contributed by atoms with Crippen molar-refractivity contribution in [1.82, 2.24) is 15.1 Å². The number of hydrogen-bond donors (Lipinski definition) is 1. The molecule has 0 bridgehead atoms. The zero-order valence-electron chi connectivity index (χ0n) is 17.7. The maximum atomic E-state index is 13.2. The maximum Gasteiger partial charge on any atom is 0.435 e. The molecule has 33 heavy (non-hydrogen) atoms. The van der Waals surface area contributed by atoms with E-state index in [0.29, 0.717) is 17.6 Å². The number of ether oxygens (including phenoxy) is 3. The quantitative estimate of drug-likeness (QED) is 0.484. The molecule has 1 aromatic heterocycles. The summed E-state index contributed by atoms with van der Waals surface area (Å²) in [5, 5.41) is 6.33. The van der Waals surface area contributed by atoms with Gasteiger partial charge in [0.25, 0.3) is 5.91 Å². The molecule has 3 aromatic rings. The Morgan fingerprint density at radius 3 is 2.45 bits per heavy atom. The molecule has 1 atom stereocenters. The van der Waals surface area contributed by atoms with Crippen LogP contribution in [0, 0.1) is 0 Å². The lowest BCUT2D eigenvalue weighted by Crippen LogP contribution is -2.36. The molecule has 176 valence electrons. The van der Waals surface area contributed by atoms with E-state index in [1.807, 2.05) is 0 Å². The van der Waals surface area contributed by atoms with Crippen LogP contribution in [0.4, 0.5) is 13.2 Å². The lowest BCUT2D eigenvalue weighted by molar-refractivity contribution is -0.141. The van der Waals surface area contributed by atoms with Gasteiger partial charge in [-0.1, -0.05) is 23.7 Å². The highest BCUT2D eigenvalue weighted by molar-refractivity contribution is 6.32. The van der Waals surface area contributed by atoms with Gasteiger partial charge in [0, 0.05) is 6.07 Å². The Morgan fingerprint density at radius 2 is 1.82 bits per heavy atom. The summed E-state index contributed by atoms with van der Waals surface area (Å²) in [6, 6.07) is 13.9. The molecule has 2 aromatic carbocycles. The minimum atomic E-state index is -4.69. The topological polar surface area (TPSA) is 74.6 Å². The van der Waals surface area contributed by atoms with Gasteiger partial charge in [-0.3, -0.25) is 4.79 Å². The number of carbonyl (C=O) groups is 1. The van der Waals surface area contributed by atoms with Crippen LogP contribution in [-0.4, -0.2) is 42.1 Å². The normalized spacial score (nSPS) is 12.2. The molecule has 0 aliphatic rings. The number of aromatic nitrogens is 2. The Balaban J connectivity index is 1.60. The summed E-state index contributed by atoms with van der Waals surface area (Å²) in [5.41, 5.74) is -0.981. The summed E-state index contributed by atoms with van der Waals surface area (Å²) >= 11 is 6.09. The first-order chi connectivity index (χ1) is 15.7. The fraction of sp³-hybridized carbons (Fsp3) is 0.273. The van der Waals surface area contributed by atoms with Gasteiger partial charge in [-0.15, -0.1) is 0 Å². The minimum Gasteiger partial charge on any atom is -0.497 e. The fourth-order valence-electron chi connectivity index (χ4n) is 2.78. The van der Waals surface area contributed by atoms with Crippen molar-refractivity contribution in [2.75, 3.05) is 20.3 Å². The molecule has 0 saturated carbocycles. The maximum absolute atomic E-state index is 13.2. The highest BCUT2D eigenvalue weighted by Gasteiger charge is 2.36. The Kier molecular flexibility index (Phi) is 7.70. The zero-order chi connectivity index (χ0) is 24.0. The smallest absolute Gasteiger partial charge is 0.435 e. The Morgan fingerprint density at radius 1 is 1.15 bits per heavy atom. The van der Waals surface area contributed by atoms with E-state index in [4.69, 9.17) is 25.8 Å². The number of para-hydroxylation sites is 1. The van der Waals surface area contributed by atoms with Gasteiger partial charge >= 0.3 is 6.18 Å². The zero-order valence-corrected chi connectivity index (χ0v) is 18.5. The van der Waals surface area contributed by atoms with Crippen molar-refractivity contribution in [1.29, 1.82) is 0 Å². The summed E-state index contributed by atoms with van der Waals surface area (Å²) in [5.74, 6) is 0.469. The fourth-order valence-corrected chi connectivity index (χ4v) is 2.99. The van der Waals surface area contributed by atoms with Gasteiger partial charge in [-0.05, 0) is 43.3 Å². The monoisotopic (exact) mass is 483 g/mol. The molecule has 1 unspecified atom stereocenters. The second-order valence-electron chi connectivity index (χ2n) is 6.93. The van der Waals surface area contributed by atoms with Crippen LogP contribution >= 0.6 is 11.6 Å². The van der Waals surface area contributed by atoms with Crippen LogP contribution in [0.25, 0.3) is 5.69 Å². The summed E-state index contributed by atoms with van der Waals surface area (Å²) < 4.78 is 56.5. The first kappa shape index (κ1) is 24.2. The van der Waals surface area contributed by atoms with Crippen LogP contribution in [0.5, 0.6) is 17.4 Å². The van der Waals surface area contributed by atoms with E-state index in [1.165, 1.54) is 12.1 Å². The second kappa shape index (κ2) is 10.5. The van der Waals surface area contributed by atoms with E-state index in [1.54, 1.807) is 50.4 Å². The van der Waals surface area contributed by atoms with Crippen molar-refractivity contribution in [2.45, 2.75) is 19.2 Å². The molecule has 0 radical (unpaired) electrons. The van der Waals surface area contributed by atoms with Crippen LogP contribution in [0.1, 0.15) is 12.6 Å². The van der Waals surface area contributed by atoms with Gasteiger partial charge < -0.3 is 19.5 Å². The highest BCUT2D eigenvalue weighted by atomic mass is 35.5. The Bertz CT molecular complexity index is 1090. The number of rotatable bonds is 9. The van der Waals surface area contributed by atoms with Crippen molar-refractivity contribution >= 4 is 17.5 Å². The van der Waals surface area contributed by atoms with Crippen LogP contribution in [-0.2, 0) is 11.0 Å². The van der Waals surface area contributed by atoms with E-state index in [9.17, 15) is 18.0 Å². The second-order valence-corrected chi connectivity index (χ2v) is 7.33. The average molecular weight is 484 g/mol. The van der Waals surface area contributed by atoms with Crippen LogP contribution < -0.4 is 19.5 Å². The molecular weight excluding hydrogens is 463 g/mol. The summed E-state index contributed by atoms with van der Waals surface area (Å²) in [7, 11) is 1.56. The molecule has 0 spiro atoms. The van der Waals surface area contributed by atoms with Gasteiger partial charge in [0.15, 0.2) is 12.3 Å². The molecule has 1 heterocycles. The van der Waals surface area contributed by atoms with Crippen LogP contribution in [0.15, 0.2) is 54.6 Å². The van der Waals surface area contributed by atoms with E-state index in [2.05, 4.69) is 10.4 Å². The molecule has 1 N–H and O–H groups in total. The minimum absolute atomic E-state index is 0.159. The van der Waals surface area contributed by atoms with Crippen molar-refractivity contribution in [3.05, 3.63) is 65.3 Å². The Hall–Kier alpha value is -3.40. The third-order valence-corrected chi connectivity index (χ3v) is 4.70. The van der Waals surface area contributed by atoms with Gasteiger partial charge in [-0.25, -0.2) is 0 Å². The number of alkyl halides is 3. The number of hydrogen-bond acceptors (Lipinski definition) is 5. The van der Waals surface area contributed by atoms with Crippen molar-refractivity contribution < 1.29 is 32.2 Å². The number of carbonyl (C=O) groups excluding carboxylic acids is 1. The molecule has 7 nitrogen and oxygen atoms in total. The summed E-state index contributed by atoms with van der Waals surface area (Å²) in [6.45, 7) is 1.39. The van der Waals surface area contributed by atoms with Crippen LogP contribution in [0.2, 0.25) is 5.02 Å². The lowest BCUT2D eigenvalue weighted by Gasteiger charge is -2.16. The van der Waals surface area contributed by atoms with Gasteiger partial charge in [0.2, 0.25) is 5.88 Å². The van der Waals surface area contributed by atoms with E-state index < -0.39 is 24.4 Å². The van der Waals surface area contributed by atoms with Crippen LogP contribution in [0.3, 0.4) is 0 Å². The van der Waals surface area contributed by atoms with Crippen molar-refractivity contribution in [2.24, 2.45) is 0 Å². The first-order valence-electron chi connectivity index (χ1n) is 9.79. The van der Waals surface area contributed by atoms with Crippen molar-refractivity contribution in [3.63, 3.8) is 0 Å². The Labute approximate surface area is 193 Å². The summed E-state index contributed by atoms with van der Waals surface area (Å²) in [6.07, 6.45) is -5.06. The first-order valence-corrected chi connectivity index (χ1v) is 10.2. The molecule has 0 saturated heterocycles. The molecular formula is C22H21ClF3N3O4. The number of benzene rings is 2. The molecule has 11 heteroatoms. The van der Waals surface area contributed by atoms with Gasteiger partial charge in [-0.2, -0.15) is 23.0 Å². The molecule has 3 rings (SSSR count). The largest absolute Gasteiger partial charge is 0.497 e. The van der Waals surface area contributed by atoms with E-state index in [0.717, 1.165) is 4.68 Å². The third-order valence-electron chi connectivity index (χ3n) is 4.38. The molecule has 0 aliphatic carbocycles. The SMILES string of the molecule is COc1ccc(OC(C)CNC(=O)COc2cc(C(F)(F)F)nn2-c2ccccc2Cl)cc1. The standard InChI is InChI=1S/C22H21ClF3N3O4/c1-14(33-16-9-7-15(31-2)8-10-16)12-27-20(30)13-32-21-11-19(22(24,25)26)28-29(21)18-6-4-3-5-17(18)23/h3-11,14H,12-13H2,1-2H3,(H,27,30). The van der Waals surface area contributed by atoms with Gasteiger partial charge in [0.1, 0.15) is 17.6 Å². The molecule has 0 aliphatic heterocycles. The number of amides is 1. The number of nitrogens with zero attached hydrogens (tertiary/aromatic N) is 2. The van der Waals surface area contributed by atoms with Crippen molar-refractivity contribution in [3.8, 4) is 23.1 Å². The predicted molar refractivity (Wildman–Crippen MR) is 115 cm³/mol. The molecule has 1 amide bonds. The number of halogens is 4. The summed E-state index contributed by atoms with van der Waals surface area (Å²) in [4.78, 5) is 12.2. The third kappa shape index (κ3) is 6.55. The lowest BCUT2D eigenvalue weighted by atomic mass is 10.3. The van der Waals surface area contributed by atoms with E-state index >= 15 is 0 Å². The molecule has 0 fully saturated rings. The van der Waals surface area contributed by atoms with Gasteiger partial charge in [0.05, 0.1) is 24.4 Å². The highest BCUT2D eigenvalue weighted by Crippen LogP contribution is 2.33. The average Bonchev–Trinajstić information content (AvgIpc) is 3.22. The van der Waals surface area contributed by atoms with E-state index in [-0.39, 0.29) is 29.2 Å².